The summed E-state index contributed by atoms with van der Waals surface area (Å²) in [5.41, 5.74) is 3.25. The van der Waals surface area contributed by atoms with Gasteiger partial charge in [-0.1, -0.05) is 37.5 Å². The van der Waals surface area contributed by atoms with Crippen LogP contribution in [0, 0.1) is 6.92 Å². The highest BCUT2D eigenvalue weighted by molar-refractivity contribution is 5.94. The Morgan fingerprint density at radius 3 is 2.77 bits per heavy atom. The molecule has 2 aliphatic rings. The Labute approximate surface area is 154 Å². The summed E-state index contributed by atoms with van der Waals surface area (Å²) in [5, 5.41) is 7.98. The molecule has 26 heavy (non-hydrogen) atoms. The zero-order valence-corrected chi connectivity index (χ0v) is 15.6. The van der Waals surface area contributed by atoms with E-state index < -0.39 is 0 Å². The second-order valence-corrected chi connectivity index (χ2v) is 7.36. The van der Waals surface area contributed by atoms with Gasteiger partial charge in [0.05, 0.1) is 18.3 Å². The molecule has 2 heterocycles. The molecule has 1 aromatic carbocycles. The topological polar surface area (TPSA) is 56.1 Å². The Morgan fingerprint density at radius 1 is 1.23 bits per heavy atom. The fraction of sp³-hybridized carbons (Fsp3) is 0.524. The summed E-state index contributed by atoms with van der Waals surface area (Å²) >= 11 is 0. The highest BCUT2D eigenvalue weighted by atomic mass is 16.5. The van der Waals surface area contributed by atoms with E-state index in [0.29, 0.717) is 19.1 Å². The van der Waals surface area contributed by atoms with Crippen molar-refractivity contribution in [1.29, 1.82) is 0 Å². The first-order chi connectivity index (χ1) is 12.7. The predicted molar refractivity (Wildman–Crippen MR) is 102 cm³/mol. The van der Waals surface area contributed by atoms with Crippen molar-refractivity contribution in [2.45, 2.75) is 64.3 Å². The minimum atomic E-state index is -0.00107. The van der Waals surface area contributed by atoms with Crippen LogP contribution in [0.25, 0.3) is 0 Å². The van der Waals surface area contributed by atoms with Crippen LogP contribution in [0.2, 0.25) is 0 Å². The molecule has 1 aliphatic heterocycles. The van der Waals surface area contributed by atoms with Crippen LogP contribution >= 0.6 is 0 Å². The number of aryl methyl sites for hydroxylation is 1. The summed E-state index contributed by atoms with van der Waals surface area (Å²) in [7, 11) is 0. The van der Waals surface area contributed by atoms with Gasteiger partial charge in [0.1, 0.15) is 11.6 Å². The van der Waals surface area contributed by atoms with Crippen molar-refractivity contribution in [2.24, 2.45) is 0 Å². The number of nitrogens with zero attached hydrogens (tertiary/aromatic N) is 2. The number of carbonyl (C=O) groups is 1. The first-order valence-electron chi connectivity index (χ1n) is 9.79. The number of fused-ring (bicyclic) bond motifs is 1. The van der Waals surface area contributed by atoms with E-state index >= 15 is 0 Å². The minimum absolute atomic E-state index is 0.00107. The van der Waals surface area contributed by atoms with Gasteiger partial charge in [-0.05, 0) is 32.8 Å². The number of ether oxygens (including phenoxy) is 1. The average molecular weight is 353 g/mol. The van der Waals surface area contributed by atoms with Crippen LogP contribution in [0.3, 0.4) is 0 Å². The number of rotatable bonds is 4. The highest BCUT2D eigenvalue weighted by Crippen LogP contribution is 2.44. The Balaban J connectivity index is 1.79. The molecule has 5 heteroatoms. The lowest BCUT2D eigenvalue weighted by molar-refractivity contribution is -0.116. The molecule has 0 saturated heterocycles. The van der Waals surface area contributed by atoms with Crippen LogP contribution in [-0.2, 0) is 4.79 Å². The molecule has 1 saturated carbocycles. The number of aromatic nitrogens is 2. The molecular formula is C21H27N3O2. The van der Waals surface area contributed by atoms with Gasteiger partial charge >= 0.3 is 0 Å². The fourth-order valence-electron chi connectivity index (χ4n) is 4.48. The largest absolute Gasteiger partial charge is 0.494 e. The van der Waals surface area contributed by atoms with Crippen molar-refractivity contribution < 1.29 is 9.53 Å². The van der Waals surface area contributed by atoms with Gasteiger partial charge in [-0.15, -0.1) is 0 Å². The van der Waals surface area contributed by atoms with Crippen molar-refractivity contribution in [1.82, 2.24) is 9.78 Å². The molecule has 5 nitrogen and oxygen atoms in total. The quantitative estimate of drug-likeness (QED) is 0.876. The Bertz CT molecular complexity index is 806. The predicted octanol–water partition coefficient (Wildman–Crippen LogP) is 4.57. The molecule has 1 unspecified atom stereocenters. The molecule has 1 aromatic heterocycles. The molecule has 0 bridgehead atoms. The minimum Gasteiger partial charge on any atom is -0.494 e. The van der Waals surface area contributed by atoms with E-state index in [-0.39, 0.29) is 11.8 Å². The third-order valence-corrected chi connectivity index (χ3v) is 5.64. The van der Waals surface area contributed by atoms with Crippen molar-refractivity contribution in [3.63, 3.8) is 0 Å². The number of carbonyl (C=O) groups excluding carboxylic acids is 1. The highest BCUT2D eigenvalue weighted by Gasteiger charge is 2.35. The lowest BCUT2D eigenvalue weighted by atomic mass is 9.85. The zero-order valence-electron chi connectivity index (χ0n) is 15.6. The molecule has 1 N–H and O–H groups in total. The SMILES string of the molecule is CCOc1ccccc1C1CC(=O)Nc2c1c(C)nn2C1CCCCC1. The molecule has 2 aromatic rings. The Hall–Kier alpha value is -2.30. The van der Waals surface area contributed by atoms with E-state index in [1.54, 1.807) is 0 Å². The number of nitrogens with one attached hydrogen (secondary N) is 1. The standard InChI is InChI=1S/C21H27N3O2/c1-3-26-18-12-8-7-11-16(18)17-13-19(25)22-21-20(17)14(2)23-24(21)15-9-5-4-6-10-15/h7-8,11-12,15,17H,3-6,9-10,13H2,1-2H3,(H,22,25). The van der Waals surface area contributed by atoms with Crippen molar-refractivity contribution in [3.05, 3.63) is 41.1 Å². The molecule has 0 radical (unpaired) electrons. The van der Waals surface area contributed by atoms with Gasteiger partial charge in [-0.3, -0.25) is 4.79 Å². The van der Waals surface area contributed by atoms with Gasteiger partial charge < -0.3 is 10.1 Å². The Morgan fingerprint density at radius 2 is 2.00 bits per heavy atom. The first-order valence-corrected chi connectivity index (χ1v) is 9.79. The molecular weight excluding hydrogens is 326 g/mol. The fourth-order valence-corrected chi connectivity index (χ4v) is 4.48. The number of amides is 1. The summed E-state index contributed by atoms with van der Waals surface area (Å²) in [4.78, 5) is 12.5. The van der Waals surface area contributed by atoms with Crippen LogP contribution in [0.1, 0.15) is 74.2 Å². The molecule has 1 amide bonds. The van der Waals surface area contributed by atoms with Crippen molar-refractivity contribution in [3.8, 4) is 5.75 Å². The second-order valence-electron chi connectivity index (χ2n) is 7.36. The van der Waals surface area contributed by atoms with Gasteiger partial charge in [0, 0.05) is 23.5 Å². The van der Waals surface area contributed by atoms with E-state index in [1.165, 1.54) is 19.3 Å². The molecule has 0 spiro atoms. The van der Waals surface area contributed by atoms with Crippen molar-refractivity contribution in [2.75, 3.05) is 11.9 Å². The summed E-state index contributed by atoms with van der Waals surface area (Å²) < 4.78 is 7.94. The number of hydrogen-bond acceptors (Lipinski definition) is 3. The number of benzene rings is 1. The third kappa shape index (κ3) is 3.00. The molecule has 4 rings (SSSR count). The van der Waals surface area contributed by atoms with Crippen LogP contribution in [0.5, 0.6) is 5.75 Å². The maximum atomic E-state index is 12.5. The van der Waals surface area contributed by atoms with Gasteiger partial charge in [-0.2, -0.15) is 5.10 Å². The van der Waals surface area contributed by atoms with Crippen LogP contribution < -0.4 is 10.1 Å². The average Bonchev–Trinajstić information content (AvgIpc) is 2.99. The smallest absolute Gasteiger partial charge is 0.226 e. The van der Waals surface area contributed by atoms with Crippen LogP contribution in [0.15, 0.2) is 24.3 Å². The lowest BCUT2D eigenvalue weighted by Gasteiger charge is -2.28. The van der Waals surface area contributed by atoms with Crippen LogP contribution in [0.4, 0.5) is 5.82 Å². The maximum absolute atomic E-state index is 12.5. The van der Waals surface area contributed by atoms with Crippen molar-refractivity contribution >= 4 is 11.7 Å². The van der Waals surface area contributed by atoms with E-state index in [4.69, 9.17) is 9.84 Å². The molecule has 1 aliphatic carbocycles. The Kier molecular flexibility index (Phi) is 4.70. The second kappa shape index (κ2) is 7.14. The maximum Gasteiger partial charge on any atom is 0.226 e. The van der Waals surface area contributed by atoms with E-state index in [0.717, 1.165) is 41.2 Å². The monoisotopic (exact) mass is 353 g/mol. The molecule has 1 fully saturated rings. The molecule has 1 atom stereocenters. The van der Waals surface area contributed by atoms with E-state index in [1.807, 2.05) is 25.1 Å². The summed E-state index contributed by atoms with van der Waals surface area (Å²) in [5.74, 6) is 1.83. The van der Waals surface area contributed by atoms with E-state index in [2.05, 4.69) is 23.0 Å². The van der Waals surface area contributed by atoms with Gasteiger partial charge in [0.25, 0.3) is 0 Å². The van der Waals surface area contributed by atoms with Gasteiger partial charge in [-0.25, -0.2) is 4.68 Å². The number of para-hydroxylation sites is 1. The van der Waals surface area contributed by atoms with Gasteiger partial charge in [0.2, 0.25) is 5.91 Å². The molecule has 138 valence electrons. The lowest BCUT2D eigenvalue weighted by Crippen LogP contribution is -2.27. The third-order valence-electron chi connectivity index (χ3n) is 5.64. The zero-order chi connectivity index (χ0) is 18.1. The summed E-state index contributed by atoms with van der Waals surface area (Å²) in [6.07, 6.45) is 6.50. The normalized spacial score (nSPS) is 20.5. The number of hydrogen-bond donors (Lipinski definition) is 1. The van der Waals surface area contributed by atoms with E-state index in [9.17, 15) is 4.79 Å². The summed E-state index contributed by atoms with van der Waals surface area (Å²) in [6.45, 7) is 4.66. The number of anilines is 1. The van der Waals surface area contributed by atoms with Crippen LogP contribution in [-0.4, -0.2) is 22.3 Å². The first kappa shape index (κ1) is 17.1. The summed E-state index contributed by atoms with van der Waals surface area (Å²) in [6, 6.07) is 8.47. The van der Waals surface area contributed by atoms with Gasteiger partial charge in [0.15, 0.2) is 0 Å².